The maximum atomic E-state index is 12.0. The molecule has 5 nitrogen and oxygen atoms in total. The third kappa shape index (κ3) is 2.99. The second-order valence-corrected chi connectivity index (χ2v) is 4.84. The quantitative estimate of drug-likeness (QED) is 0.759. The largest absolute Gasteiger partial charge is 0.481 e. The van der Waals surface area contributed by atoms with Crippen molar-refractivity contribution in [1.82, 2.24) is 9.80 Å². The summed E-state index contributed by atoms with van der Waals surface area (Å²) in [4.78, 5) is 26.3. The minimum absolute atomic E-state index is 0.128. The zero-order chi connectivity index (χ0) is 13.1. The topological polar surface area (TPSA) is 60.9 Å². The minimum Gasteiger partial charge on any atom is -0.481 e. The van der Waals surface area contributed by atoms with Crippen molar-refractivity contribution < 1.29 is 14.7 Å². The molecule has 1 aliphatic rings. The van der Waals surface area contributed by atoms with Gasteiger partial charge in [-0.3, -0.25) is 4.79 Å². The maximum Gasteiger partial charge on any atom is 0.320 e. The van der Waals surface area contributed by atoms with Gasteiger partial charge in [0, 0.05) is 26.7 Å². The summed E-state index contributed by atoms with van der Waals surface area (Å²) in [6, 6.07) is -0.128. The molecule has 0 aromatic heterocycles. The van der Waals surface area contributed by atoms with Gasteiger partial charge in [-0.05, 0) is 19.8 Å². The van der Waals surface area contributed by atoms with Gasteiger partial charge in [0.2, 0.25) is 0 Å². The highest BCUT2D eigenvalue weighted by Gasteiger charge is 2.39. The van der Waals surface area contributed by atoms with E-state index in [-0.39, 0.29) is 12.6 Å². The molecular weight excluding hydrogens is 220 g/mol. The Labute approximate surface area is 102 Å². The minimum atomic E-state index is -0.832. The maximum absolute atomic E-state index is 12.0. The lowest BCUT2D eigenvalue weighted by Gasteiger charge is -2.39. The van der Waals surface area contributed by atoms with Crippen molar-refractivity contribution in [3.8, 4) is 0 Å². The van der Waals surface area contributed by atoms with Crippen molar-refractivity contribution in [3.63, 3.8) is 0 Å². The lowest BCUT2D eigenvalue weighted by molar-refractivity contribution is -0.150. The second kappa shape index (κ2) is 5.21. The van der Waals surface area contributed by atoms with E-state index in [1.54, 1.807) is 29.8 Å². The molecule has 0 aromatic rings. The van der Waals surface area contributed by atoms with Gasteiger partial charge in [-0.15, -0.1) is 6.58 Å². The van der Waals surface area contributed by atoms with Crippen LogP contribution >= 0.6 is 0 Å². The molecule has 0 bridgehead atoms. The first-order valence-electron chi connectivity index (χ1n) is 5.75. The molecule has 0 aliphatic carbocycles. The fraction of sp³-hybridized carbons (Fsp3) is 0.667. The molecule has 0 aromatic carbocycles. The van der Waals surface area contributed by atoms with Gasteiger partial charge >= 0.3 is 12.0 Å². The van der Waals surface area contributed by atoms with Gasteiger partial charge in [-0.2, -0.15) is 0 Å². The number of likely N-dealkylation sites (N-methyl/N-ethyl adjacent to an activating group) is 1. The fourth-order valence-corrected chi connectivity index (χ4v) is 2.09. The molecule has 2 amide bonds. The van der Waals surface area contributed by atoms with Crippen LogP contribution in [0.4, 0.5) is 4.79 Å². The molecule has 1 aliphatic heterocycles. The van der Waals surface area contributed by atoms with Gasteiger partial charge < -0.3 is 14.9 Å². The van der Waals surface area contributed by atoms with Gasteiger partial charge in [0.15, 0.2) is 0 Å². The second-order valence-electron chi connectivity index (χ2n) is 4.84. The Kier molecular flexibility index (Phi) is 4.15. The Bertz CT molecular complexity index is 330. The van der Waals surface area contributed by atoms with E-state index in [0.717, 1.165) is 6.42 Å². The van der Waals surface area contributed by atoms with Crippen LogP contribution in [0.15, 0.2) is 12.7 Å². The van der Waals surface area contributed by atoms with E-state index in [1.165, 1.54) is 0 Å². The Hall–Kier alpha value is -1.52. The highest BCUT2D eigenvalue weighted by Crippen LogP contribution is 2.30. The third-order valence-corrected chi connectivity index (χ3v) is 3.21. The first-order chi connectivity index (χ1) is 7.90. The molecule has 17 heavy (non-hydrogen) atoms. The zero-order valence-electron chi connectivity index (χ0n) is 10.5. The van der Waals surface area contributed by atoms with E-state index in [4.69, 9.17) is 0 Å². The first-order valence-corrected chi connectivity index (χ1v) is 5.75. The monoisotopic (exact) mass is 240 g/mol. The number of amides is 2. The van der Waals surface area contributed by atoms with Gasteiger partial charge in [-0.25, -0.2) is 4.79 Å². The molecule has 1 atom stereocenters. The standard InChI is InChI=1S/C12H20N2O3/c1-4-7-13(3)11(17)14-8-5-6-12(2,9-14)10(15)16/h4H,1,5-9H2,2-3H3,(H,15,16). The SMILES string of the molecule is C=CCN(C)C(=O)N1CCCC(C)(C(=O)O)C1. The number of carboxylic acid groups (broad SMARTS) is 1. The molecule has 1 saturated heterocycles. The predicted octanol–water partition coefficient (Wildman–Crippen LogP) is 1.41. The van der Waals surface area contributed by atoms with Crippen LogP contribution in [0.3, 0.4) is 0 Å². The third-order valence-electron chi connectivity index (χ3n) is 3.21. The van der Waals surface area contributed by atoms with Crippen LogP contribution in [-0.4, -0.2) is 53.6 Å². The Morgan fingerprint density at radius 2 is 2.24 bits per heavy atom. The van der Waals surface area contributed by atoms with Gasteiger partial charge in [0.05, 0.1) is 5.41 Å². The van der Waals surface area contributed by atoms with Crippen LogP contribution in [0.25, 0.3) is 0 Å². The Morgan fingerprint density at radius 3 is 2.76 bits per heavy atom. The molecule has 5 heteroatoms. The van der Waals surface area contributed by atoms with Gasteiger partial charge in [0.25, 0.3) is 0 Å². The number of nitrogens with zero attached hydrogens (tertiary/aromatic N) is 2. The Balaban J connectivity index is 2.69. The van der Waals surface area contributed by atoms with E-state index in [2.05, 4.69) is 6.58 Å². The lowest BCUT2D eigenvalue weighted by Crippen LogP contribution is -2.51. The first kappa shape index (κ1) is 13.5. The normalized spacial score (nSPS) is 24.2. The summed E-state index contributed by atoms with van der Waals surface area (Å²) in [7, 11) is 1.69. The smallest absolute Gasteiger partial charge is 0.320 e. The molecule has 96 valence electrons. The fourth-order valence-electron chi connectivity index (χ4n) is 2.09. The summed E-state index contributed by atoms with van der Waals surface area (Å²) in [5.41, 5.74) is -0.817. The zero-order valence-corrected chi connectivity index (χ0v) is 10.5. The van der Waals surface area contributed by atoms with Crippen molar-refractivity contribution >= 4 is 12.0 Å². The number of hydrogen-bond acceptors (Lipinski definition) is 2. The summed E-state index contributed by atoms with van der Waals surface area (Å²) < 4.78 is 0. The van der Waals surface area contributed by atoms with Crippen LogP contribution in [0.2, 0.25) is 0 Å². The number of rotatable bonds is 3. The van der Waals surface area contributed by atoms with E-state index in [0.29, 0.717) is 19.5 Å². The number of aliphatic carboxylic acids is 1. The van der Waals surface area contributed by atoms with E-state index >= 15 is 0 Å². The van der Waals surface area contributed by atoms with Crippen LogP contribution in [0.1, 0.15) is 19.8 Å². The lowest BCUT2D eigenvalue weighted by atomic mass is 9.82. The highest BCUT2D eigenvalue weighted by atomic mass is 16.4. The molecule has 0 spiro atoms. The number of carboxylic acids is 1. The summed E-state index contributed by atoms with van der Waals surface area (Å²) in [5, 5.41) is 9.17. The highest BCUT2D eigenvalue weighted by molar-refractivity contribution is 5.78. The van der Waals surface area contributed by atoms with E-state index in [9.17, 15) is 14.7 Å². The number of carbonyl (C=O) groups excluding carboxylic acids is 1. The molecule has 1 rings (SSSR count). The average Bonchev–Trinajstić information content (AvgIpc) is 2.28. The number of hydrogen-bond donors (Lipinski definition) is 1. The van der Waals surface area contributed by atoms with Crippen LogP contribution in [0, 0.1) is 5.41 Å². The van der Waals surface area contributed by atoms with E-state index in [1.807, 2.05) is 0 Å². The molecule has 1 unspecified atom stereocenters. The number of piperidine rings is 1. The van der Waals surface area contributed by atoms with Gasteiger partial charge in [0.1, 0.15) is 0 Å². The number of likely N-dealkylation sites (tertiary alicyclic amines) is 1. The summed E-state index contributed by atoms with van der Waals surface area (Å²) in [6.45, 7) is 6.66. The van der Waals surface area contributed by atoms with Crippen molar-refractivity contribution in [1.29, 1.82) is 0 Å². The van der Waals surface area contributed by atoms with E-state index < -0.39 is 11.4 Å². The van der Waals surface area contributed by atoms with Crippen LogP contribution in [0.5, 0.6) is 0 Å². The van der Waals surface area contributed by atoms with Crippen molar-refractivity contribution in [2.75, 3.05) is 26.7 Å². The molecule has 0 saturated carbocycles. The molecule has 0 radical (unpaired) electrons. The number of carbonyl (C=O) groups is 2. The Morgan fingerprint density at radius 1 is 1.59 bits per heavy atom. The number of urea groups is 1. The van der Waals surface area contributed by atoms with Crippen LogP contribution < -0.4 is 0 Å². The summed E-state index contributed by atoms with van der Waals surface area (Å²) in [6.07, 6.45) is 3.01. The summed E-state index contributed by atoms with van der Waals surface area (Å²) >= 11 is 0. The van der Waals surface area contributed by atoms with Gasteiger partial charge in [-0.1, -0.05) is 6.08 Å². The average molecular weight is 240 g/mol. The molecule has 1 heterocycles. The molecule has 1 fully saturated rings. The van der Waals surface area contributed by atoms with Crippen molar-refractivity contribution in [2.45, 2.75) is 19.8 Å². The predicted molar refractivity (Wildman–Crippen MR) is 64.8 cm³/mol. The molecular formula is C12H20N2O3. The van der Waals surface area contributed by atoms with Crippen molar-refractivity contribution in [3.05, 3.63) is 12.7 Å². The molecule has 1 N–H and O–H groups in total. The van der Waals surface area contributed by atoms with Crippen molar-refractivity contribution in [2.24, 2.45) is 5.41 Å². The van der Waals surface area contributed by atoms with Crippen LogP contribution in [-0.2, 0) is 4.79 Å². The summed E-state index contributed by atoms with van der Waals surface area (Å²) in [5.74, 6) is -0.832.